The zero-order valence-corrected chi connectivity index (χ0v) is 18.1. The maximum atomic E-state index is 13.7. The van der Waals surface area contributed by atoms with Crippen LogP contribution in [-0.2, 0) is 16.1 Å². The van der Waals surface area contributed by atoms with Gasteiger partial charge >= 0.3 is 6.18 Å². The number of nitrogens with one attached hydrogen (secondary N) is 1. The van der Waals surface area contributed by atoms with E-state index in [4.69, 9.17) is 4.74 Å². The molecule has 4 rings (SSSR count). The van der Waals surface area contributed by atoms with Crippen LogP contribution in [0.25, 0.3) is 0 Å². The van der Waals surface area contributed by atoms with Crippen LogP contribution in [0.15, 0.2) is 42.5 Å². The molecule has 1 heterocycles. The fraction of sp³-hybridized carbons (Fsp3) is 0.333. The predicted molar refractivity (Wildman–Crippen MR) is 113 cm³/mol. The second kappa shape index (κ2) is 8.92. The van der Waals surface area contributed by atoms with Crippen molar-refractivity contribution in [2.45, 2.75) is 44.1 Å². The van der Waals surface area contributed by atoms with E-state index < -0.39 is 30.1 Å². The summed E-state index contributed by atoms with van der Waals surface area (Å²) in [5.41, 5.74) is 0.484. The Kier molecular flexibility index (Phi) is 6.16. The lowest BCUT2D eigenvalue weighted by Crippen LogP contribution is -2.44. The van der Waals surface area contributed by atoms with Gasteiger partial charge in [-0.25, -0.2) is 0 Å². The van der Waals surface area contributed by atoms with E-state index in [0.717, 1.165) is 0 Å². The molecule has 0 aromatic heterocycles. The number of carbonyl (C=O) groups is 4. The van der Waals surface area contributed by atoms with Gasteiger partial charge in [0.05, 0.1) is 19.6 Å². The summed E-state index contributed by atoms with van der Waals surface area (Å²) in [7, 11) is 1.33. The first-order valence-electron chi connectivity index (χ1n) is 10.6. The highest BCUT2D eigenvalue weighted by atomic mass is 19.4. The number of hydrogen-bond donors (Lipinski definition) is 1. The van der Waals surface area contributed by atoms with Crippen LogP contribution in [-0.4, -0.2) is 47.6 Å². The summed E-state index contributed by atoms with van der Waals surface area (Å²) in [5, 5.41) is 2.02. The molecule has 1 aliphatic heterocycles. The van der Waals surface area contributed by atoms with Crippen molar-refractivity contribution in [3.63, 3.8) is 0 Å². The molecule has 1 saturated carbocycles. The van der Waals surface area contributed by atoms with Gasteiger partial charge in [-0.2, -0.15) is 13.2 Å². The third-order valence-electron chi connectivity index (χ3n) is 6.05. The normalized spacial score (nSPS) is 19.1. The smallest absolute Gasteiger partial charge is 0.412 e. The standard InChI is InChI=1S/C24H21F3N2O5/c1-34-17-4-2-3-13(10-17)21(24(25,26)27)28-22(32)14-5-7-18-15(9-14)12-29(23(18)33)19-8-6-16(30)11-20(19)31/h2-5,7,9-10,19,21H,6,8,11-12H2,1H3,(H,28,32)/t19?,21-/m1/s1. The van der Waals surface area contributed by atoms with Crippen LogP contribution in [0.4, 0.5) is 13.2 Å². The van der Waals surface area contributed by atoms with Crippen molar-refractivity contribution in [3.8, 4) is 5.75 Å². The molecule has 10 heteroatoms. The minimum Gasteiger partial charge on any atom is -0.497 e. The predicted octanol–water partition coefficient (Wildman–Crippen LogP) is 3.38. The topological polar surface area (TPSA) is 92.8 Å². The molecule has 2 atom stereocenters. The Morgan fingerprint density at radius 1 is 1.15 bits per heavy atom. The highest BCUT2D eigenvalue weighted by Crippen LogP contribution is 2.35. The molecule has 1 fully saturated rings. The number of Topliss-reactive ketones (excluding diaryl/α,β-unsaturated/α-hetero) is 2. The molecule has 2 aromatic rings. The van der Waals surface area contributed by atoms with E-state index in [-0.39, 0.29) is 59.8 Å². The van der Waals surface area contributed by atoms with Gasteiger partial charge in [0.1, 0.15) is 11.5 Å². The van der Waals surface area contributed by atoms with Crippen LogP contribution < -0.4 is 10.1 Å². The maximum absolute atomic E-state index is 13.7. The van der Waals surface area contributed by atoms with E-state index in [1.54, 1.807) is 0 Å². The van der Waals surface area contributed by atoms with Crippen LogP contribution in [0.5, 0.6) is 5.75 Å². The van der Waals surface area contributed by atoms with E-state index in [2.05, 4.69) is 0 Å². The molecule has 7 nitrogen and oxygen atoms in total. The van der Waals surface area contributed by atoms with E-state index in [1.807, 2.05) is 5.32 Å². The van der Waals surface area contributed by atoms with Gasteiger partial charge in [0.25, 0.3) is 11.8 Å². The average molecular weight is 474 g/mol. The molecule has 2 aliphatic rings. The summed E-state index contributed by atoms with van der Waals surface area (Å²) in [4.78, 5) is 50.7. The Morgan fingerprint density at radius 2 is 1.91 bits per heavy atom. The lowest BCUT2D eigenvalue weighted by Gasteiger charge is -2.29. The van der Waals surface area contributed by atoms with E-state index in [0.29, 0.717) is 5.56 Å². The van der Waals surface area contributed by atoms with Gasteiger partial charge < -0.3 is 15.0 Å². The molecular weight excluding hydrogens is 453 g/mol. The molecule has 1 N–H and O–H groups in total. The number of benzene rings is 2. The summed E-state index contributed by atoms with van der Waals surface area (Å²) >= 11 is 0. The lowest BCUT2D eigenvalue weighted by atomic mass is 9.92. The third kappa shape index (κ3) is 4.52. The fourth-order valence-corrected chi connectivity index (χ4v) is 4.31. The molecule has 1 aliphatic carbocycles. The molecule has 0 bridgehead atoms. The lowest BCUT2D eigenvalue weighted by molar-refractivity contribution is -0.155. The Labute approximate surface area is 192 Å². The Balaban J connectivity index is 1.55. The minimum atomic E-state index is -4.76. The fourth-order valence-electron chi connectivity index (χ4n) is 4.31. The van der Waals surface area contributed by atoms with Gasteiger partial charge in [-0.3, -0.25) is 19.2 Å². The number of amides is 2. The summed E-state index contributed by atoms with van der Waals surface area (Å²) in [6.45, 7) is 0.0401. The number of halogens is 3. The van der Waals surface area contributed by atoms with Crippen LogP contribution in [0.2, 0.25) is 0 Å². The second-order valence-electron chi connectivity index (χ2n) is 8.27. The van der Waals surface area contributed by atoms with Crippen LogP contribution >= 0.6 is 0 Å². The quantitative estimate of drug-likeness (QED) is 0.671. The molecule has 0 saturated heterocycles. The zero-order chi connectivity index (χ0) is 24.6. The SMILES string of the molecule is COc1cccc([C@@H](NC(=O)c2ccc3c(c2)CN(C2CCC(=O)CC2=O)C3=O)C(F)(F)F)c1. The van der Waals surface area contributed by atoms with Crippen molar-refractivity contribution in [1.29, 1.82) is 0 Å². The van der Waals surface area contributed by atoms with Gasteiger partial charge in [-0.05, 0) is 47.9 Å². The van der Waals surface area contributed by atoms with Crippen molar-refractivity contribution in [2.24, 2.45) is 0 Å². The molecule has 1 unspecified atom stereocenters. The van der Waals surface area contributed by atoms with Gasteiger partial charge in [-0.1, -0.05) is 12.1 Å². The monoisotopic (exact) mass is 474 g/mol. The Hall–Kier alpha value is -3.69. The second-order valence-corrected chi connectivity index (χ2v) is 8.27. The van der Waals surface area contributed by atoms with E-state index in [1.165, 1.54) is 54.5 Å². The van der Waals surface area contributed by atoms with Gasteiger partial charge in [0.2, 0.25) is 0 Å². The van der Waals surface area contributed by atoms with Crippen molar-refractivity contribution in [1.82, 2.24) is 10.2 Å². The number of nitrogens with zero attached hydrogens (tertiary/aromatic N) is 1. The first-order valence-corrected chi connectivity index (χ1v) is 10.6. The highest BCUT2D eigenvalue weighted by Gasteiger charge is 2.43. The van der Waals surface area contributed by atoms with Gasteiger partial charge in [0, 0.05) is 24.1 Å². The Morgan fingerprint density at radius 3 is 2.59 bits per heavy atom. The van der Waals surface area contributed by atoms with Gasteiger partial charge in [0.15, 0.2) is 11.8 Å². The van der Waals surface area contributed by atoms with E-state index >= 15 is 0 Å². The molecule has 0 radical (unpaired) electrons. The first-order chi connectivity index (χ1) is 16.1. The molecule has 34 heavy (non-hydrogen) atoms. The highest BCUT2D eigenvalue weighted by molar-refractivity contribution is 6.08. The molecular formula is C24H21F3N2O5. The van der Waals surface area contributed by atoms with Crippen molar-refractivity contribution in [3.05, 3.63) is 64.7 Å². The zero-order valence-electron chi connectivity index (χ0n) is 18.1. The summed E-state index contributed by atoms with van der Waals surface area (Å²) in [5.74, 6) is -1.64. The van der Waals surface area contributed by atoms with Gasteiger partial charge in [-0.15, -0.1) is 0 Å². The van der Waals surface area contributed by atoms with Crippen molar-refractivity contribution >= 4 is 23.4 Å². The number of carbonyl (C=O) groups excluding carboxylic acids is 4. The van der Waals surface area contributed by atoms with E-state index in [9.17, 15) is 32.3 Å². The Bertz CT molecular complexity index is 1180. The van der Waals surface area contributed by atoms with Crippen LogP contribution in [0, 0.1) is 0 Å². The summed E-state index contributed by atoms with van der Waals surface area (Å²) in [6, 6.07) is 6.36. The molecule has 2 amide bonds. The number of alkyl halides is 3. The average Bonchev–Trinajstić information content (AvgIpc) is 3.12. The number of ether oxygens (including phenoxy) is 1. The first kappa shape index (κ1) is 23.5. The van der Waals surface area contributed by atoms with Crippen LogP contribution in [0.1, 0.15) is 57.1 Å². The number of fused-ring (bicyclic) bond motifs is 1. The number of rotatable bonds is 5. The molecule has 0 spiro atoms. The number of methoxy groups -OCH3 is 1. The van der Waals surface area contributed by atoms with Crippen molar-refractivity contribution < 1.29 is 37.1 Å². The molecule has 178 valence electrons. The molecule has 2 aromatic carbocycles. The maximum Gasteiger partial charge on any atom is 0.412 e. The minimum absolute atomic E-state index is 0.0401. The largest absolute Gasteiger partial charge is 0.497 e. The number of hydrogen-bond acceptors (Lipinski definition) is 5. The van der Waals surface area contributed by atoms with Crippen molar-refractivity contribution in [2.75, 3.05) is 7.11 Å². The number of ketones is 2. The van der Waals surface area contributed by atoms with Crippen LogP contribution in [0.3, 0.4) is 0 Å². The summed E-state index contributed by atoms with van der Waals surface area (Å²) in [6.07, 6.45) is -4.54. The summed E-state index contributed by atoms with van der Waals surface area (Å²) < 4.78 is 46.2. The third-order valence-corrected chi connectivity index (χ3v) is 6.05.